The van der Waals surface area contributed by atoms with Gasteiger partial charge in [-0.2, -0.15) is 0 Å². The number of hydrogen-bond acceptors (Lipinski definition) is 4. The van der Waals surface area contributed by atoms with Gasteiger partial charge in [0.25, 0.3) is 0 Å². The first kappa shape index (κ1) is 18.1. The molecule has 21 heavy (non-hydrogen) atoms. The molecule has 0 aliphatic rings. The fourth-order valence-corrected chi connectivity index (χ4v) is 2.36. The van der Waals surface area contributed by atoms with Crippen molar-refractivity contribution in [3.05, 3.63) is 22.8 Å². The molecule has 0 aliphatic carbocycles. The van der Waals surface area contributed by atoms with E-state index in [4.69, 9.17) is 4.74 Å². The molecule has 4 nitrogen and oxygen atoms in total. The Balaban J connectivity index is 2.90. The molecule has 0 unspecified atom stereocenters. The zero-order valence-corrected chi connectivity index (χ0v) is 14.9. The van der Waals surface area contributed by atoms with Gasteiger partial charge in [-0.3, -0.25) is 0 Å². The topological polar surface area (TPSA) is 47.0 Å². The molecule has 0 fully saturated rings. The fourth-order valence-electron chi connectivity index (χ4n) is 2.36. The van der Waals surface area contributed by atoms with E-state index in [-0.39, 0.29) is 5.54 Å². The Labute approximate surface area is 129 Å². The molecule has 0 bridgehead atoms. The summed E-state index contributed by atoms with van der Waals surface area (Å²) in [4.78, 5) is 9.35. The van der Waals surface area contributed by atoms with Gasteiger partial charge in [0, 0.05) is 23.5 Å². The summed E-state index contributed by atoms with van der Waals surface area (Å²) in [5.41, 5.74) is 3.05. The summed E-state index contributed by atoms with van der Waals surface area (Å²) in [5.74, 6) is 0.770. The lowest BCUT2D eigenvalue weighted by atomic mass is 10.0. The molecule has 0 spiro atoms. The predicted molar refractivity (Wildman–Crippen MR) is 87.6 cm³/mol. The predicted octanol–water partition coefficient (Wildman–Crippen LogP) is 3.30. The number of nitrogens with one attached hydrogen (secondary N) is 1. The minimum atomic E-state index is -0.438. The quantitative estimate of drug-likeness (QED) is 0.874. The molecule has 0 amide bonds. The fraction of sp³-hybridized carbons (Fsp3) is 0.765. The maximum absolute atomic E-state index is 5.75. The van der Waals surface area contributed by atoms with Crippen molar-refractivity contribution < 1.29 is 4.74 Å². The molecule has 0 aromatic carbocycles. The van der Waals surface area contributed by atoms with E-state index >= 15 is 0 Å². The van der Waals surface area contributed by atoms with Crippen LogP contribution < -0.4 is 5.32 Å². The smallest absolute Gasteiger partial charge is 0.160 e. The third kappa shape index (κ3) is 5.36. The van der Waals surface area contributed by atoms with Crippen LogP contribution in [0.5, 0.6) is 0 Å². The van der Waals surface area contributed by atoms with Crippen LogP contribution in [0.4, 0.5) is 0 Å². The largest absolute Gasteiger partial charge is 0.368 e. The summed E-state index contributed by atoms with van der Waals surface area (Å²) in [6.45, 7) is 18.3. The highest BCUT2D eigenvalue weighted by atomic mass is 16.5. The van der Waals surface area contributed by atoms with E-state index in [2.05, 4.69) is 49.9 Å². The molecule has 1 aromatic rings. The third-order valence-corrected chi connectivity index (χ3v) is 3.49. The van der Waals surface area contributed by atoms with E-state index in [1.165, 1.54) is 5.56 Å². The Kier molecular flexibility index (Phi) is 5.88. The van der Waals surface area contributed by atoms with Crippen LogP contribution in [0.1, 0.15) is 64.3 Å². The Morgan fingerprint density at radius 2 is 1.52 bits per heavy atom. The first-order valence-corrected chi connectivity index (χ1v) is 7.80. The van der Waals surface area contributed by atoms with Crippen molar-refractivity contribution in [1.29, 1.82) is 0 Å². The van der Waals surface area contributed by atoms with Crippen molar-refractivity contribution >= 4 is 0 Å². The SMILES string of the molecule is CCOC(C)(C)c1nc(C)c(CCNC(C)(C)C)c(C)n1. The van der Waals surface area contributed by atoms with Crippen molar-refractivity contribution in [2.45, 2.75) is 73.0 Å². The standard InChI is InChI=1S/C17H31N3O/c1-9-21-17(7,8)15-19-12(2)14(13(3)20-15)10-11-18-16(4,5)6/h18H,9-11H2,1-8H3. The summed E-state index contributed by atoms with van der Waals surface area (Å²) in [6.07, 6.45) is 0.949. The van der Waals surface area contributed by atoms with Gasteiger partial charge in [-0.1, -0.05) is 0 Å². The van der Waals surface area contributed by atoms with Crippen LogP contribution in [0.15, 0.2) is 0 Å². The molecule has 120 valence electrons. The van der Waals surface area contributed by atoms with Crippen molar-refractivity contribution in [3.63, 3.8) is 0 Å². The maximum atomic E-state index is 5.75. The first-order chi connectivity index (χ1) is 9.57. The number of hydrogen-bond donors (Lipinski definition) is 1. The van der Waals surface area contributed by atoms with Crippen LogP contribution in [0.25, 0.3) is 0 Å². The minimum Gasteiger partial charge on any atom is -0.368 e. The Hall–Kier alpha value is -1.00. The zero-order chi connectivity index (χ0) is 16.3. The van der Waals surface area contributed by atoms with Gasteiger partial charge in [0.2, 0.25) is 0 Å². The van der Waals surface area contributed by atoms with E-state index in [0.717, 1.165) is 30.2 Å². The van der Waals surface area contributed by atoms with Crippen LogP contribution in [0.3, 0.4) is 0 Å². The van der Waals surface area contributed by atoms with E-state index < -0.39 is 5.60 Å². The second-order valence-electron chi connectivity index (χ2n) is 7.07. The van der Waals surface area contributed by atoms with Crippen molar-refractivity contribution in [2.75, 3.05) is 13.2 Å². The maximum Gasteiger partial charge on any atom is 0.160 e. The summed E-state index contributed by atoms with van der Waals surface area (Å²) >= 11 is 0. The van der Waals surface area contributed by atoms with Gasteiger partial charge in [-0.05, 0) is 73.9 Å². The molecule has 4 heteroatoms. The van der Waals surface area contributed by atoms with Gasteiger partial charge < -0.3 is 10.1 Å². The van der Waals surface area contributed by atoms with Crippen LogP contribution in [-0.2, 0) is 16.8 Å². The Bertz CT molecular complexity index is 452. The highest BCUT2D eigenvalue weighted by Crippen LogP contribution is 2.23. The van der Waals surface area contributed by atoms with Crippen LogP contribution in [0.2, 0.25) is 0 Å². The highest BCUT2D eigenvalue weighted by Gasteiger charge is 2.25. The molecule has 1 heterocycles. The van der Waals surface area contributed by atoms with Crippen molar-refractivity contribution in [1.82, 2.24) is 15.3 Å². The van der Waals surface area contributed by atoms with Crippen LogP contribution >= 0.6 is 0 Å². The molecule has 0 atom stereocenters. The second kappa shape index (κ2) is 6.84. The average Bonchev–Trinajstić information content (AvgIpc) is 2.31. The van der Waals surface area contributed by atoms with E-state index in [1.54, 1.807) is 0 Å². The lowest BCUT2D eigenvalue weighted by Crippen LogP contribution is -2.37. The van der Waals surface area contributed by atoms with Crippen molar-refractivity contribution in [2.24, 2.45) is 0 Å². The number of nitrogens with zero attached hydrogens (tertiary/aromatic N) is 2. The summed E-state index contributed by atoms with van der Waals surface area (Å²) < 4.78 is 5.75. The van der Waals surface area contributed by atoms with E-state index in [0.29, 0.717) is 6.61 Å². The molecular formula is C17H31N3O. The number of rotatable bonds is 6. The average molecular weight is 293 g/mol. The van der Waals surface area contributed by atoms with Crippen LogP contribution in [0, 0.1) is 13.8 Å². The molecule has 1 rings (SSSR count). The molecule has 0 saturated heterocycles. The number of ether oxygens (including phenoxy) is 1. The third-order valence-electron chi connectivity index (χ3n) is 3.49. The monoisotopic (exact) mass is 293 g/mol. The first-order valence-electron chi connectivity index (χ1n) is 7.80. The van der Waals surface area contributed by atoms with Crippen LogP contribution in [-0.4, -0.2) is 28.7 Å². The molecule has 0 aliphatic heterocycles. The van der Waals surface area contributed by atoms with Gasteiger partial charge in [0.1, 0.15) is 5.60 Å². The van der Waals surface area contributed by atoms with Gasteiger partial charge in [0.05, 0.1) is 0 Å². The molecule has 0 saturated carbocycles. The van der Waals surface area contributed by atoms with Gasteiger partial charge in [0.15, 0.2) is 5.82 Å². The number of aryl methyl sites for hydroxylation is 2. The summed E-state index contributed by atoms with van der Waals surface area (Å²) in [5, 5.41) is 3.51. The number of aromatic nitrogens is 2. The van der Waals surface area contributed by atoms with Crippen molar-refractivity contribution in [3.8, 4) is 0 Å². The lowest BCUT2D eigenvalue weighted by Gasteiger charge is -2.25. The van der Waals surface area contributed by atoms with Gasteiger partial charge in [-0.25, -0.2) is 9.97 Å². The lowest BCUT2D eigenvalue weighted by molar-refractivity contribution is -0.0210. The Morgan fingerprint density at radius 1 is 1.00 bits per heavy atom. The van der Waals surface area contributed by atoms with Gasteiger partial charge >= 0.3 is 0 Å². The van der Waals surface area contributed by atoms with E-state index in [9.17, 15) is 0 Å². The zero-order valence-electron chi connectivity index (χ0n) is 14.9. The molecule has 0 radical (unpaired) electrons. The normalized spacial score (nSPS) is 12.8. The molecule has 1 N–H and O–H groups in total. The molecule has 1 aromatic heterocycles. The summed E-state index contributed by atoms with van der Waals surface area (Å²) in [7, 11) is 0. The van der Waals surface area contributed by atoms with E-state index in [1.807, 2.05) is 20.8 Å². The Morgan fingerprint density at radius 3 is 1.95 bits per heavy atom. The minimum absolute atomic E-state index is 0.138. The molecular weight excluding hydrogens is 262 g/mol. The highest BCUT2D eigenvalue weighted by molar-refractivity contribution is 5.26. The second-order valence-corrected chi connectivity index (χ2v) is 7.07. The summed E-state index contributed by atoms with van der Waals surface area (Å²) in [6, 6.07) is 0. The van der Waals surface area contributed by atoms with Gasteiger partial charge in [-0.15, -0.1) is 0 Å².